The Morgan fingerprint density at radius 2 is 1.50 bits per heavy atom. The van der Waals surface area contributed by atoms with E-state index in [9.17, 15) is 9.59 Å². The Hall–Kier alpha value is -3.14. The quantitative estimate of drug-likeness (QED) is 0.776. The van der Waals surface area contributed by atoms with Crippen LogP contribution in [0.15, 0.2) is 72.8 Å². The van der Waals surface area contributed by atoms with Crippen molar-refractivity contribution in [2.75, 3.05) is 0 Å². The molecule has 0 saturated heterocycles. The Bertz CT molecular complexity index is 900. The summed E-state index contributed by atoms with van der Waals surface area (Å²) in [6.07, 6.45) is 0. The van der Waals surface area contributed by atoms with Gasteiger partial charge in [-0.1, -0.05) is 66.7 Å². The highest BCUT2D eigenvalue weighted by Crippen LogP contribution is 2.23. The van der Waals surface area contributed by atoms with Crippen LogP contribution in [0.25, 0.3) is 10.8 Å². The molecule has 0 aliphatic heterocycles. The highest BCUT2D eigenvalue weighted by molar-refractivity contribution is 6.08. The molecule has 2 amide bonds. The number of hydrogen-bond donors (Lipinski definition) is 2. The van der Waals surface area contributed by atoms with Crippen LogP contribution in [0.4, 0.5) is 0 Å². The number of amides is 2. The van der Waals surface area contributed by atoms with Crippen molar-refractivity contribution in [1.82, 2.24) is 5.32 Å². The van der Waals surface area contributed by atoms with Crippen LogP contribution in [0.2, 0.25) is 0 Å². The Morgan fingerprint density at radius 3 is 2.21 bits per heavy atom. The molecule has 0 heterocycles. The van der Waals surface area contributed by atoms with Crippen LogP contribution in [0.1, 0.15) is 22.8 Å². The average molecular weight is 318 g/mol. The van der Waals surface area contributed by atoms with Crippen molar-refractivity contribution in [1.29, 1.82) is 0 Å². The summed E-state index contributed by atoms with van der Waals surface area (Å²) in [7, 11) is 0. The Labute approximate surface area is 140 Å². The molecule has 0 bridgehead atoms. The standard InChI is InChI=1S/C20H18N2O2/c1-20(19(21)24,15-10-3-2-4-11-15)22-18(23)17-13-7-9-14-8-5-6-12-16(14)17/h2-13H,1H3,(H2,21,24)(H,22,23)/t20-/m1/s1. The third-order valence-corrected chi connectivity index (χ3v) is 4.24. The van der Waals surface area contributed by atoms with Crippen LogP contribution < -0.4 is 11.1 Å². The van der Waals surface area contributed by atoms with Crippen LogP contribution in [0.3, 0.4) is 0 Å². The second-order valence-corrected chi connectivity index (χ2v) is 5.84. The molecule has 1 atom stereocenters. The maximum absolute atomic E-state index is 12.8. The second-order valence-electron chi connectivity index (χ2n) is 5.84. The summed E-state index contributed by atoms with van der Waals surface area (Å²) in [4.78, 5) is 24.9. The monoisotopic (exact) mass is 318 g/mol. The summed E-state index contributed by atoms with van der Waals surface area (Å²) in [5, 5.41) is 4.60. The van der Waals surface area contributed by atoms with Gasteiger partial charge in [0.05, 0.1) is 0 Å². The molecule has 3 N–H and O–H groups in total. The van der Waals surface area contributed by atoms with E-state index in [-0.39, 0.29) is 5.91 Å². The largest absolute Gasteiger partial charge is 0.367 e. The SMILES string of the molecule is C[C@](NC(=O)c1cccc2ccccc12)(C(N)=O)c1ccccc1. The fourth-order valence-corrected chi connectivity index (χ4v) is 2.77. The van der Waals surface area contributed by atoms with Gasteiger partial charge >= 0.3 is 0 Å². The minimum Gasteiger partial charge on any atom is -0.367 e. The van der Waals surface area contributed by atoms with Crippen LogP contribution in [0.5, 0.6) is 0 Å². The molecule has 4 nitrogen and oxygen atoms in total. The van der Waals surface area contributed by atoms with E-state index in [4.69, 9.17) is 5.73 Å². The Morgan fingerprint density at radius 1 is 0.875 bits per heavy atom. The molecule has 0 aliphatic rings. The number of fused-ring (bicyclic) bond motifs is 1. The van der Waals surface area contributed by atoms with Crippen molar-refractivity contribution in [3.8, 4) is 0 Å². The lowest BCUT2D eigenvalue weighted by molar-refractivity contribution is -0.123. The van der Waals surface area contributed by atoms with Gasteiger partial charge in [-0.05, 0) is 29.3 Å². The van der Waals surface area contributed by atoms with E-state index in [2.05, 4.69) is 5.32 Å². The number of carbonyl (C=O) groups is 2. The van der Waals surface area contributed by atoms with Gasteiger partial charge in [0.2, 0.25) is 5.91 Å². The summed E-state index contributed by atoms with van der Waals surface area (Å²) in [6.45, 7) is 1.62. The molecular weight excluding hydrogens is 300 g/mol. The van der Waals surface area contributed by atoms with Gasteiger partial charge in [-0.25, -0.2) is 0 Å². The molecule has 0 fully saturated rings. The lowest BCUT2D eigenvalue weighted by Gasteiger charge is -2.28. The predicted octanol–water partition coefficient (Wildman–Crippen LogP) is 2.97. The molecule has 3 aromatic rings. The van der Waals surface area contributed by atoms with Crippen LogP contribution in [0, 0.1) is 0 Å². The van der Waals surface area contributed by atoms with E-state index in [1.54, 1.807) is 37.3 Å². The summed E-state index contributed by atoms with van der Waals surface area (Å²) < 4.78 is 0. The Kier molecular flexibility index (Phi) is 4.04. The fraction of sp³-hybridized carbons (Fsp3) is 0.100. The molecule has 0 saturated carbocycles. The molecular formula is C20H18N2O2. The van der Waals surface area contributed by atoms with E-state index in [1.807, 2.05) is 42.5 Å². The van der Waals surface area contributed by atoms with E-state index in [1.165, 1.54) is 0 Å². The first-order valence-electron chi connectivity index (χ1n) is 7.68. The van der Waals surface area contributed by atoms with E-state index in [0.717, 1.165) is 10.8 Å². The van der Waals surface area contributed by atoms with Gasteiger partial charge in [-0.3, -0.25) is 9.59 Å². The number of nitrogens with one attached hydrogen (secondary N) is 1. The molecule has 0 radical (unpaired) electrons. The number of nitrogens with two attached hydrogens (primary N) is 1. The van der Waals surface area contributed by atoms with Gasteiger partial charge < -0.3 is 11.1 Å². The molecule has 0 spiro atoms. The first-order valence-corrected chi connectivity index (χ1v) is 7.68. The van der Waals surface area contributed by atoms with Crippen molar-refractivity contribution < 1.29 is 9.59 Å². The number of primary amides is 1. The van der Waals surface area contributed by atoms with Crippen molar-refractivity contribution in [2.45, 2.75) is 12.5 Å². The smallest absolute Gasteiger partial charge is 0.253 e. The van der Waals surface area contributed by atoms with Gasteiger partial charge in [0.25, 0.3) is 5.91 Å². The van der Waals surface area contributed by atoms with Gasteiger partial charge in [0, 0.05) is 5.56 Å². The first-order chi connectivity index (χ1) is 11.5. The normalized spacial score (nSPS) is 13.2. The topological polar surface area (TPSA) is 72.2 Å². The van der Waals surface area contributed by atoms with Gasteiger partial charge in [-0.2, -0.15) is 0 Å². The third kappa shape index (κ3) is 2.74. The molecule has 3 rings (SSSR count). The predicted molar refractivity (Wildman–Crippen MR) is 94.4 cm³/mol. The van der Waals surface area contributed by atoms with Crippen molar-refractivity contribution >= 4 is 22.6 Å². The second kappa shape index (κ2) is 6.16. The lowest BCUT2D eigenvalue weighted by atomic mass is 9.90. The fourth-order valence-electron chi connectivity index (χ4n) is 2.77. The summed E-state index contributed by atoms with van der Waals surface area (Å²) in [5.41, 5.74) is 5.46. The van der Waals surface area contributed by atoms with Gasteiger partial charge in [0.1, 0.15) is 5.54 Å². The molecule has 3 aromatic carbocycles. The zero-order valence-corrected chi connectivity index (χ0v) is 13.3. The van der Waals surface area contributed by atoms with Crippen LogP contribution in [-0.2, 0) is 10.3 Å². The zero-order valence-electron chi connectivity index (χ0n) is 13.3. The molecule has 4 heteroatoms. The molecule has 0 aliphatic carbocycles. The minimum atomic E-state index is -1.28. The third-order valence-electron chi connectivity index (χ3n) is 4.24. The number of hydrogen-bond acceptors (Lipinski definition) is 2. The summed E-state index contributed by atoms with van der Waals surface area (Å²) in [6, 6.07) is 22.1. The maximum atomic E-state index is 12.8. The number of rotatable bonds is 4. The van der Waals surface area contributed by atoms with E-state index >= 15 is 0 Å². The maximum Gasteiger partial charge on any atom is 0.253 e. The van der Waals surface area contributed by atoms with Gasteiger partial charge in [0.15, 0.2) is 0 Å². The average Bonchev–Trinajstić information content (AvgIpc) is 2.61. The van der Waals surface area contributed by atoms with Crippen molar-refractivity contribution in [3.63, 3.8) is 0 Å². The van der Waals surface area contributed by atoms with Crippen LogP contribution >= 0.6 is 0 Å². The van der Waals surface area contributed by atoms with Crippen molar-refractivity contribution in [3.05, 3.63) is 83.9 Å². The highest BCUT2D eigenvalue weighted by Gasteiger charge is 2.35. The molecule has 0 unspecified atom stereocenters. The number of benzene rings is 3. The van der Waals surface area contributed by atoms with E-state index in [0.29, 0.717) is 11.1 Å². The zero-order chi connectivity index (χ0) is 17.2. The molecule has 24 heavy (non-hydrogen) atoms. The first kappa shape index (κ1) is 15.7. The summed E-state index contributed by atoms with van der Waals surface area (Å²) in [5.74, 6) is -0.945. The lowest BCUT2D eigenvalue weighted by Crippen LogP contribution is -2.52. The highest BCUT2D eigenvalue weighted by atomic mass is 16.2. The summed E-state index contributed by atoms with van der Waals surface area (Å²) >= 11 is 0. The molecule has 0 aromatic heterocycles. The van der Waals surface area contributed by atoms with E-state index < -0.39 is 11.4 Å². The van der Waals surface area contributed by atoms with Crippen LogP contribution in [-0.4, -0.2) is 11.8 Å². The molecule has 120 valence electrons. The van der Waals surface area contributed by atoms with Gasteiger partial charge in [-0.15, -0.1) is 0 Å². The minimum absolute atomic E-state index is 0.336. The van der Waals surface area contributed by atoms with Crippen molar-refractivity contribution in [2.24, 2.45) is 5.73 Å². The Balaban J connectivity index is 2.02. The number of carbonyl (C=O) groups excluding carboxylic acids is 2.